The number of halogens is 1. The van der Waals surface area contributed by atoms with Gasteiger partial charge in [0.2, 0.25) is 6.41 Å². The van der Waals surface area contributed by atoms with E-state index in [2.05, 4.69) is 38.7 Å². The lowest BCUT2D eigenvalue weighted by molar-refractivity contribution is -0.109. The predicted molar refractivity (Wildman–Crippen MR) is 185 cm³/mol. The van der Waals surface area contributed by atoms with E-state index in [4.69, 9.17) is 16.3 Å². The zero-order chi connectivity index (χ0) is 32.7. The fourth-order valence-electron chi connectivity index (χ4n) is 7.58. The maximum Gasteiger partial charge on any atom is 0.263 e. The molecule has 6 unspecified atom stereocenters. The molecule has 46 heavy (non-hydrogen) atoms. The number of anilines is 1. The molecule has 2 bridgehead atoms. The van der Waals surface area contributed by atoms with Gasteiger partial charge in [0.25, 0.3) is 5.91 Å². The fraction of sp³-hybridized carbons (Fsp3) is 0.611. The Hall–Kier alpha value is -2.62. The number of methoxy groups -OCH3 is 1. The average molecular weight is 672 g/mol. The summed E-state index contributed by atoms with van der Waals surface area (Å²) in [6.07, 6.45) is 11.2. The number of aryl methyl sites for hydroxylation is 1. The molecule has 2 aromatic rings. The van der Waals surface area contributed by atoms with Gasteiger partial charge in [-0.3, -0.25) is 14.3 Å². The molecule has 6 rings (SSSR count). The summed E-state index contributed by atoms with van der Waals surface area (Å²) in [6.45, 7) is 7.80. The molecule has 8 nitrogen and oxygen atoms in total. The van der Waals surface area contributed by atoms with Gasteiger partial charge in [-0.15, -0.1) is 0 Å². The van der Waals surface area contributed by atoms with Crippen molar-refractivity contribution in [2.24, 2.45) is 17.8 Å². The van der Waals surface area contributed by atoms with Crippen LogP contribution in [0.1, 0.15) is 86.7 Å². The normalized spacial score (nSPS) is 29.3. The lowest BCUT2D eigenvalue weighted by Gasteiger charge is -2.44. The van der Waals surface area contributed by atoms with E-state index in [1.54, 1.807) is 7.11 Å². The predicted octanol–water partition coefficient (Wildman–Crippen LogP) is 6.21. The Morgan fingerprint density at radius 2 is 1.91 bits per heavy atom. The Morgan fingerprint density at radius 3 is 2.67 bits per heavy atom. The molecule has 2 amide bonds. The summed E-state index contributed by atoms with van der Waals surface area (Å²) in [5.74, 6) is 2.28. The van der Waals surface area contributed by atoms with Crippen molar-refractivity contribution >= 4 is 40.6 Å². The second-order valence-corrected chi connectivity index (χ2v) is 15.6. The minimum Gasteiger partial charge on any atom is -0.490 e. The lowest BCUT2D eigenvalue weighted by Crippen LogP contribution is -2.48. The zero-order valence-electron chi connectivity index (χ0n) is 27.5. The summed E-state index contributed by atoms with van der Waals surface area (Å²) in [5.41, 5.74) is 4.11. The quantitative estimate of drug-likeness (QED) is 0.297. The van der Waals surface area contributed by atoms with Crippen LogP contribution in [0.5, 0.6) is 5.75 Å². The Balaban J connectivity index is 0.000000537. The Bertz CT molecular complexity index is 1390. The second kappa shape index (κ2) is 16.0. The summed E-state index contributed by atoms with van der Waals surface area (Å²) in [4.78, 5) is 25.3. The molecular weight excluding hydrogens is 622 g/mol. The molecule has 2 aliphatic carbocycles. The monoisotopic (exact) mass is 671 g/mol. The van der Waals surface area contributed by atoms with E-state index in [1.165, 1.54) is 36.8 Å². The van der Waals surface area contributed by atoms with Gasteiger partial charge < -0.3 is 19.7 Å². The highest BCUT2D eigenvalue weighted by atomic mass is 35.5. The number of fused-ring (bicyclic) bond motifs is 4. The molecule has 0 aromatic heterocycles. The lowest BCUT2D eigenvalue weighted by atomic mass is 9.68. The first kappa shape index (κ1) is 34.7. The van der Waals surface area contributed by atoms with E-state index >= 15 is 0 Å². The summed E-state index contributed by atoms with van der Waals surface area (Å²) < 4.78 is 27.1. The van der Waals surface area contributed by atoms with Gasteiger partial charge in [0.15, 0.2) is 0 Å². The third kappa shape index (κ3) is 8.08. The molecular formula is C36H50ClN3O5S. The van der Waals surface area contributed by atoms with Gasteiger partial charge in [-0.2, -0.15) is 0 Å². The zero-order valence-corrected chi connectivity index (χ0v) is 29.1. The topological polar surface area (TPSA) is 97.0 Å². The van der Waals surface area contributed by atoms with Gasteiger partial charge in [-0.1, -0.05) is 43.9 Å². The minimum atomic E-state index is -1.43. The van der Waals surface area contributed by atoms with Gasteiger partial charge in [0.1, 0.15) is 16.7 Å². The van der Waals surface area contributed by atoms with Gasteiger partial charge >= 0.3 is 0 Å². The molecule has 0 saturated heterocycles. The Morgan fingerprint density at radius 1 is 1.11 bits per heavy atom. The Labute approximate surface area is 281 Å². The van der Waals surface area contributed by atoms with Crippen molar-refractivity contribution < 1.29 is 23.3 Å². The minimum absolute atomic E-state index is 0.0845. The second-order valence-electron chi connectivity index (χ2n) is 13.6. The molecule has 2 N–H and O–H groups in total. The number of nitrogens with zero attached hydrogens (tertiary/aromatic N) is 1. The molecule has 6 atom stereocenters. The van der Waals surface area contributed by atoms with Gasteiger partial charge in [0.05, 0.1) is 24.2 Å². The summed E-state index contributed by atoms with van der Waals surface area (Å²) >= 11 is 6.40. The van der Waals surface area contributed by atoms with Crippen LogP contribution in [0.15, 0.2) is 36.4 Å². The number of amides is 2. The number of nitrogens with one attached hydrogen (secondary N) is 2. The van der Waals surface area contributed by atoms with E-state index in [9.17, 15) is 13.8 Å². The van der Waals surface area contributed by atoms with E-state index in [-0.39, 0.29) is 16.6 Å². The molecule has 2 aliphatic heterocycles. The smallest absolute Gasteiger partial charge is 0.263 e. The van der Waals surface area contributed by atoms with Crippen LogP contribution >= 0.6 is 11.6 Å². The number of carbonyl (C=O) groups is 2. The fourth-order valence-corrected chi connectivity index (χ4v) is 8.82. The number of benzene rings is 2. The number of ether oxygens (including phenoxy) is 2. The Kier molecular flexibility index (Phi) is 12.1. The molecule has 10 heteroatoms. The van der Waals surface area contributed by atoms with Crippen LogP contribution < -0.4 is 19.7 Å². The maximum absolute atomic E-state index is 13.3. The van der Waals surface area contributed by atoms with Gasteiger partial charge in [0, 0.05) is 42.7 Å². The molecule has 2 heterocycles. The van der Waals surface area contributed by atoms with Crippen LogP contribution in [0, 0.1) is 17.8 Å². The van der Waals surface area contributed by atoms with Crippen LogP contribution in [-0.2, 0) is 32.4 Å². The number of hydrogen-bond donors (Lipinski definition) is 2. The molecule has 1 fully saturated rings. The molecule has 4 aliphatic rings. The van der Waals surface area contributed by atoms with Crippen molar-refractivity contribution in [3.63, 3.8) is 0 Å². The van der Waals surface area contributed by atoms with E-state index in [0.717, 1.165) is 67.6 Å². The first-order valence-electron chi connectivity index (χ1n) is 16.9. The van der Waals surface area contributed by atoms with Crippen molar-refractivity contribution in [2.45, 2.75) is 82.3 Å². The highest BCUT2D eigenvalue weighted by Gasteiger charge is 2.43. The summed E-state index contributed by atoms with van der Waals surface area (Å²) in [7, 11) is 0.165. The number of hydrogen-bond acceptors (Lipinski definition) is 6. The van der Waals surface area contributed by atoms with E-state index in [1.807, 2.05) is 31.2 Å². The van der Waals surface area contributed by atoms with Crippen LogP contribution in [0.25, 0.3) is 0 Å². The van der Waals surface area contributed by atoms with Gasteiger partial charge in [-0.25, -0.2) is 4.21 Å². The van der Waals surface area contributed by atoms with Crippen LogP contribution in [0.4, 0.5) is 5.69 Å². The highest BCUT2D eigenvalue weighted by molar-refractivity contribution is 7.84. The van der Waals surface area contributed by atoms with Crippen LogP contribution in [0.2, 0.25) is 5.02 Å². The summed E-state index contributed by atoms with van der Waals surface area (Å²) in [6, 6.07) is 12.1. The maximum atomic E-state index is 13.3. The van der Waals surface area contributed by atoms with E-state index < -0.39 is 11.0 Å². The molecule has 1 saturated carbocycles. The third-order valence-corrected chi connectivity index (χ3v) is 12.4. The van der Waals surface area contributed by atoms with Crippen molar-refractivity contribution in [3.05, 3.63) is 58.1 Å². The van der Waals surface area contributed by atoms with E-state index in [0.29, 0.717) is 43.6 Å². The molecule has 252 valence electrons. The number of carbonyl (C=O) groups excluding carboxylic acids is 2. The SMILES string of the molecule is CC1CCCCC2CCC2CN2CC3(CCCc4cc(Cl)ccc43)COc3ccc(cc32)C(=O)NS(=O)C1C.COCCNC=O. The first-order chi connectivity index (χ1) is 22.2. The number of rotatable bonds is 4. The highest BCUT2D eigenvalue weighted by Crippen LogP contribution is 2.47. The van der Waals surface area contributed by atoms with Crippen molar-refractivity contribution in [1.82, 2.24) is 10.0 Å². The largest absolute Gasteiger partial charge is 0.490 e. The first-order valence-corrected chi connectivity index (χ1v) is 18.5. The molecule has 1 spiro atoms. The summed E-state index contributed by atoms with van der Waals surface area (Å²) in [5, 5.41) is 3.15. The molecule has 2 aromatic carbocycles. The third-order valence-electron chi connectivity index (χ3n) is 10.7. The van der Waals surface area contributed by atoms with Crippen molar-refractivity contribution in [3.8, 4) is 5.75 Å². The van der Waals surface area contributed by atoms with Crippen LogP contribution in [-0.4, -0.2) is 61.7 Å². The average Bonchev–Trinajstić information content (AvgIpc) is 3.19. The van der Waals surface area contributed by atoms with Gasteiger partial charge in [-0.05, 0) is 105 Å². The molecule has 0 radical (unpaired) electrons. The van der Waals surface area contributed by atoms with Crippen LogP contribution in [0.3, 0.4) is 0 Å². The van der Waals surface area contributed by atoms with Crippen molar-refractivity contribution in [2.75, 3.05) is 44.9 Å². The van der Waals surface area contributed by atoms with Crippen molar-refractivity contribution in [1.29, 1.82) is 0 Å². The standard InChI is InChI=1S/C32H41ClN2O3S.C4H9NO2/c1-21-6-3-4-7-23-9-10-26(23)18-35-19-32(15-5-8-24-16-27(33)12-13-28(24)32)20-38-30-14-11-25(17-29(30)35)31(36)34-39(37)22(21)2;1-7-3-2-5-4-6/h11-14,16-17,21-23,26H,3-10,15,18-20H2,1-2H3,(H,34,36);4H,2-3H2,1H3,(H,5,6).